The van der Waals surface area contributed by atoms with Crippen molar-refractivity contribution in [1.82, 2.24) is 0 Å². The van der Waals surface area contributed by atoms with Gasteiger partial charge in [-0.15, -0.1) is 0 Å². The number of hydrogen-bond donors (Lipinski definition) is 1. The van der Waals surface area contributed by atoms with E-state index in [1.54, 1.807) is 6.08 Å². The topological polar surface area (TPSA) is 43.3 Å². The fourth-order valence-corrected chi connectivity index (χ4v) is 2.33. The van der Waals surface area contributed by atoms with Crippen molar-refractivity contribution in [3.8, 4) is 5.75 Å². The molecule has 124 valence electrons. The fraction of sp³-hybridized carbons (Fsp3) is 0. The number of benzene rings is 1. The largest absolute Gasteiger partial charge is 2.00 e. The molecule has 1 aliphatic rings. The molecular weight excluding hydrogens is 387 g/mol. The van der Waals surface area contributed by atoms with Gasteiger partial charge in [0, 0.05) is 15.6 Å². The first kappa shape index (κ1) is 20.3. The Balaban J connectivity index is 0.000000412. The average Bonchev–Trinajstić information content (AvgIpc) is 3.24. The van der Waals surface area contributed by atoms with Crippen molar-refractivity contribution in [2.75, 3.05) is 0 Å². The summed E-state index contributed by atoms with van der Waals surface area (Å²) < 4.78 is 0. The molecule has 0 saturated heterocycles. The van der Waals surface area contributed by atoms with Crippen LogP contribution in [0.5, 0.6) is 5.75 Å². The third-order valence-corrected chi connectivity index (χ3v) is 3.46. The van der Waals surface area contributed by atoms with Gasteiger partial charge in [0.1, 0.15) is 5.76 Å². The maximum absolute atomic E-state index is 11.7. The zero-order chi connectivity index (χ0) is 16.7. The van der Waals surface area contributed by atoms with Crippen LogP contribution >= 0.6 is 23.2 Å². The Kier molecular flexibility index (Phi) is 8.59. The van der Waals surface area contributed by atoms with Gasteiger partial charge in [0.2, 0.25) is 0 Å². The van der Waals surface area contributed by atoms with Gasteiger partial charge in [-0.3, -0.25) is 0 Å². The van der Waals surface area contributed by atoms with E-state index in [1.807, 2.05) is 54.6 Å². The van der Waals surface area contributed by atoms with Crippen LogP contribution in [0.25, 0.3) is 5.76 Å². The van der Waals surface area contributed by atoms with Crippen LogP contribution in [-0.2, 0) is 17.1 Å². The maximum atomic E-state index is 11.7. The van der Waals surface area contributed by atoms with Gasteiger partial charge in [-0.1, -0.05) is 59.3 Å². The van der Waals surface area contributed by atoms with Crippen molar-refractivity contribution in [1.29, 1.82) is 0 Å². The van der Waals surface area contributed by atoms with Crippen molar-refractivity contribution >= 4 is 29.0 Å². The number of aliphatic hydroxyl groups excluding tert-OH is 1. The molecule has 0 unspecified atom stereocenters. The molecule has 0 aromatic heterocycles. The minimum absolute atomic E-state index is 0. The van der Waals surface area contributed by atoms with Crippen LogP contribution in [0.15, 0.2) is 84.5 Å². The van der Waals surface area contributed by atoms with Gasteiger partial charge >= 0.3 is 17.1 Å². The number of aliphatic hydroxyl groups is 1. The summed E-state index contributed by atoms with van der Waals surface area (Å²) in [4.78, 5) is 0. The van der Waals surface area contributed by atoms with E-state index >= 15 is 0 Å². The molecule has 2 aromatic carbocycles. The molecule has 0 bridgehead atoms. The molecule has 1 N–H and O–H groups in total. The first-order chi connectivity index (χ1) is 11.1. The van der Waals surface area contributed by atoms with E-state index in [2.05, 4.69) is 0 Å². The summed E-state index contributed by atoms with van der Waals surface area (Å²) in [5, 5.41) is 21.9. The Hall–Kier alpha value is -1.77. The molecule has 2 nitrogen and oxygen atoms in total. The number of allylic oxidation sites excluding steroid dienone is 7. The fourth-order valence-electron chi connectivity index (χ4n) is 1.84. The van der Waals surface area contributed by atoms with E-state index in [4.69, 9.17) is 23.2 Å². The van der Waals surface area contributed by atoms with E-state index in [1.165, 1.54) is 18.2 Å². The molecule has 0 aliphatic heterocycles. The number of hydrogen-bond acceptors (Lipinski definition) is 2. The van der Waals surface area contributed by atoms with Crippen LogP contribution in [0.2, 0.25) is 10.0 Å². The molecule has 3 rings (SSSR count). The van der Waals surface area contributed by atoms with Gasteiger partial charge < -0.3 is 10.2 Å². The Morgan fingerprint density at radius 1 is 1.08 bits per heavy atom. The Morgan fingerprint density at radius 2 is 1.71 bits per heavy atom. The van der Waals surface area contributed by atoms with E-state index in [-0.39, 0.29) is 33.4 Å². The molecular formula is C19H14Cl2FeO2. The number of rotatable bonds is 2. The van der Waals surface area contributed by atoms with Crippen LogP contribution in [0, 0.1) is 0 Å². The van der Waals surface area contributed by atoms with E-state index in [0.717, 1.165) is 5.57 Å². The summed E-state index contributed by atoms with van der Waals surface area (Å²) in [5.74, 6) is -0.601. The van der Waals surface area contributed by atoms with Crippen LogP contribution in [0.1, 0.15) is 5.56 Å². The van der Waals surface area contributed by atoms with Crippen LogP contribution < -0.4 is 5.11 Å². The van der Waals surface area contributed by atoms with Crippen molar-refractivity contribution in [3.05, 3.63) is 100 Å². The zero-order valence-electron chi connectivity index (χ0n) is 12.5. The summed E-state index contributed by atoms with van der Waals surface area (Å²) in [6, 6.07) is 12.7. The molecule has 24 heavy (non-hydrogen) atoms. The van der Waals surface area contributed by atoms with E-state index in [9.17, 15) is 10.2 Å². The molecule has 1 aliphatic carbocycles. The minimum Gasteiger partial charge on any atom is -0.871 e. The molecule has 0 atom stereocenters. The molecule has 0 fully saturated rings. The second kappa shape index (κ2) is 10.2. The average molecular weight is 401 g/mol. The van der Waals surface area contributed by atoms with Crippen LogP contribution in [0.3, 0.4) is 0 Å². The van der Waals surface area contributed by atoms with Crippen molar-refractivity contribution < 1.29 is 27.3 Å². The maximum Gasteiger partial charge on any atom is 2.00 e. The molecule has 0 heterocycles. The zero-order valence-corrected chi connectivity index (χ0v) is 15.1. The second-order valence-corrected chi connectivity index (χ2v) is 5.51. The Bertz CT molecular complexity index is 742. The van der Waals surface area contributed by atoms with Crippen molar-refractivity contribution in [2.45, 2.75) is 0 Å². The smallest absolute Gasteiger partial charge is 0.871 e. The molecule has 2 aromatic rings. The predicted molar refractivity (Wildman–Crippen MR) is 94.9 cm³/mol. The third kappa shape index (κ3) is 6.03. The molecule has 5 heteroatoms. The van der Waals surface area contributed by atoms with Gasteiger partial charge in [-0.25, -0.2) is 12.1 Å². The van der Waals surface area contributed by atoms with E-state index < -0.39 is 5.75 Å². The predicted octanol–water partition coefficient (Wildman–Crippen LogP) is 5.42. The quantitative estimate of drug-likeness (QED) is 0.415. The molecule has 0 radical (unpaired) electrons. The Morgan fingerprint density at radius 3 is 2.25 bits per heavy atom. The standard InChI is InChI=1S/C14H10Cl2O2.C5H5.Fe/c15-10-7-11(14(18)12(16)8-10)13(17)6-5-9-3-1-2-4-9;1-2-4-5-3-1;/h1-8,17-18H;1-5H;/q;-1;+2/p-1. The molecule has 0 saturated carbocycles. The van der Waals surface area contributed by atoms with Crippen LogP contribution in [0.4, 0.5) is 0 Å². The summed E-state index contributed by atoms with van der Waals surface area (Å²) >= 11 is 11.5. The number of halogens is 2. The van der Waals surface area contributed by atoms with Gasteiger partial charge in [-0.2, -0.15) is 18.2 Å². The van der Waals surface area contributed by atoms with Crippen molar-refractivity contribution in [2.24, 2.45) is 0 Å². The molecule has 0 spiro atoms. The Labute approximate surface area is 161 Å². The minimum atomic E-state index is -0.439. The summed E-state index contributed by atoms with van der Waals surface area (Å²) in [6.45, 7) is 0. The monoisotopic (exact) mass is 400 g/mol. The summed E-state index contributed by atoms with van der Waals surface area (Å²) in [5.41, 5.74) is 1.03. The first-order valence-corrected chi connectivity index (χ1v) is 7.62. The van der Waals surface area contributed by atoms with Gasteiger partial charge in [-0.05, 0) is 23.8 Å². The van der Waals surface area contributed by atoms with Gasteiger partial charge in [0.05, 0.1) is 0 Å². The summed E-state index contributed by atoms with van der Waals surface area (Å²) in [7, 11) is 0. The van der Waals surface area contributed by atoms with Gasteiger partial charge in [0.25, 0.3) is 0 Å². The SMILES string of the molecule is [Fe+2].[O-]c1c(Cl)cc(Cl)cc1C(O)=CC=C1C=CC=C1.c1cc[cH-]c1. The van der Waals surface area contributed by atoms with Gasteiger partial charge in [0.15, 0.2) is 0 Å². The van der Waals surface area contributed by atoms with Crippen molar-refractivity contribution in [3.63, 3.8) is 0 Å². The van der Waals surface area contributed by atoms with Crippen LogP contribution in [-0.4, -0.2) is 5.11 Å². The normalized spacial score (nSPS) is 12.4. The first-order valence-electron chi connectivity index (χ1n) is 6.87. The van der Waals surface area contributed by atoms with E-state index in [0.29, 0.717) is 5.02 Å². The second-order valence-electron chi connectivity index (χ2n) is 4.66. The third-order valence-electron chi connectivity index (χ3n) is 2.96. The molecule has 0 amide bonds. The summed E-state index contributed by atoms with van der Waals surface area (Å²) in [6.07, 6.45) is 10.7.